The molecular weight excluding hydrogens is 264 g/mol. The highest BCUT2D eigenvalue weighted by atomic mass is 32.1. The predicted octanol–water partition coefficient (Wildman–Crippen LogP) is 1.40. The van der Waals surface area contributed by atoms with E-state index in [0.717, 1.165) is 0 Å². The Morgan fingerprint density at radius 1 is 1.63 bits per heavy atom. The first-order valence-electron chi connectivity index (χ1n) is 5.91. The number of hydrogen-bond donors (Lipinski definition) is 3. The monoisotopic (exact) mass is 282 g/mol. The van der Waals surface area contributed by atoms with E-state index in [1.54, 1.807) is 7.11 Å². The van der Waals surface area contributed by atoms with E-state index in [4.69, 9.17) is 15.7 Å². The number of nitrogens with zero attached hydrogens (tertiary/aromatic N) is 1. The molecule has 0 fully saturated rings. The molecule has 0 saturated carbocycles. The molecule has 1 unspecified atom stereocenters. The SMILES string of the molecule is CCNC(=O)c1sc(NC(C)COC)c(C#N)c1N. The van der Waals surface area contributed by atoms with Gasteiger partial charge in [0.15, 0.2) is 0 Å². The molecule has 104 valence electrons. The number of thiophene rings is 1. The Labute approximate surface area is 116 Å². The third-order valence-electron chi connectivity index (χ3n) is 2.39. The zero-order valence-corrected chi connectivity index (χ0v) is 12.1. The van der Waals surface area contributed by atoms with Crippen LogP contribution in [0.5, 0.6) is 0 Å². The maximum Gasteiger partial charge on any atom is 0.263 e. The van der Waals surface area contributed by atoms with Gasteiger partial charge in [0.05, 0.1) is 12.3 Å². The van der Waals surface area contributed by atoms with Crippen LogP contribution in [-0.4, -0.2) is 32.2 Å². The molecule has 0 aromatic carbocycles. The maximum atomic E-state index is 11.8. The van der Waals surface area contributed by atoms with Crippen LogP contribution < -0.4 is 16.4 Å². The number of nitrogens with one attached hydrogen (secondary N) is 2. The summed E-state index contributed by atoms with van der Waals surface area (Å²) in [6, 6.07) is 2.06. The second-order valence-corrected chi connectivity index (χ2v) is 5.04. The number of anilines is 2. The van der Waals surface area contributed by atoms with Crippen molar-refractivity contribution in [3.8, 4) is 6.07 Å². The lowest BCUT2D eigenvalue weighted by Crippen LogP contribution is -2.22. The Balaban J connectivity index is 3.03. The van der Waals surface area contributed by atoms with Crippen LogP contribution in [-0.2, 0) is 4.74 Å². The summed E-state index contributed by atoms with van der Waals surface area (Å²) in [7, 11) is 1.60. The van der Waals surface area contributed by atoms with Gasteiger partial charge in [0, 0.05) is 19.7 Å². The van der Waals surface area contributed by atoms with Crippen molar-refractivity contribution < 1.29 is 9.53 Å². The molecule has 1 aromatic heterocycles. The Kier molecular flexibility index (Phi) is 5.60. The lowest BCUT2D eigenvalue weighted by molar-refractivity contribution is 0.0960. The molecule has 0 spiro atoms. The molecule has 4 N–H and O–H groups in total. The maximum absolute atomic E-state index is 11.8. The molecule has 0 bridgehead atoms. The third-order valence-corrected chi connectivity index (χ3v) is 3.53. The van der Waals surface area contributed by atoms with Gasteiger partial charge >= 0.3 is 0 Å². The smallest absolute Gasteiger partial charge is 0.263 e. The molecule has 0 radical (unpaired) electrons. The van der Waals surface area contributed by atoms with Crippen LogP contribution in [0.25, 0.3) is 0 Å². The number of methoxy groups -OCH3 is 1. The molecule has 1 heterocycles. The first-order valence-corrected chi connectivity index (χ1v) is 6.72. The van der Waals surface area contributed by atoms with Crippen molar-refractivity contribution in [2.24, 2.45) is 0 Å². The van der Waals surface area contributed by atoms with E-state index in [1.165, 1.54) is 11.3 Å². The van der Waals surface area contributed by atoms with Gasteiger partial charge in [-0.25, -0.2) is 0 Å². The molecule has 7 heteroatoms. The van der Waals surface area contributed by atoms with Crippen molar-refractivity contribution in [1.82, 2.24) is 5.32 Å². The minimum atomic E-state index is -0.256. The van der Waals surface area contributed by atoms with E-state index < -0.39 is 0 Å². The molecule has 1 aromatic rings. The summed E-state index contributed by atoms with van der Waals surface area (Å²) >= 11 is 1.19. The summed E-state index contributed by atoms with van der Waals surface area (Å²) in [4.78, 5) is 12.2. The van der Waals surface area contributed by atoms with Crippen LogP contribution in [0.4, 0.5) is 10.7 Å². The van der Waals surface area contributed by atoms with Crippen LogP contribution in [0.1, 0.15) is 29.1 Å². The van der Waals surface area contributed by atoms with Crippen molar-refractivity contribution in [2.75, 3.05) is 31.3 Å². The van der Waals surface area contributed by atoms with E-state index in [-0.39, 0.29) is 17.6 Å². The molecule has 1 amide bonds. The van der Waals surface area contributed by atoms with Crippen LogP contribution in [0, 0.1) is 11.3 Å². The fraction of sp³-hybridized carbons (Fsp3) is 0.500. The predicted molar refractivity (Wildman–Crippen MR) is 76.4 cm³/mol. The van der Waals surface area contributed by atoms with Gasteiger partial charge < -0.3 is 21.1 Å². The molecule has 0 aliphatic rings. The fourth-order valence-electron chi connectivity index (χ4n) is 1.58. The fourth-order valence-corrected chi connectivity index (χ4v) is 2.68. The number of ether oxygens (including phenoxy) is 1. The number of nitriles is 1. The van der Waals surface area contributed by atoms with E-state index in [9.17, 15) is 4.79 Å². The quantitative estimate of drug-likeness (QED) is 0.732. The van der Waals surface area contributed by atoms with E-state index in [1.807, 2.05) is 19.9 Å². The first kappa shape index (κ1) is 15.3. The molecule has 19 heavy (non-hydrogen) atoms. The van der Waals surface area contributed by atoms with Gasteiger partial charge in [-0.05, 0) is 13.8 Å². The number of nitrogen functional groups attached to an aromatic ring is 1. The van der Waals surface area contributed by atoms with Crippen molar-refractivity contribution in [3.05, 3.63) is 10.4 Å². The topological polar surface area (TPSA) is 100 Å². The average Bonchev–Trinajstić information content (AvgIpc) is 2.66. The number of carbonyl (C=O) groups is 1. The minimum Gasteiger partial charge on any atom is -0.396 e. The van der Waals surface area contributed by atoms with Crippen LogP contribution >= 0.6 is 11.3 Å². The summed E-state index contributed by atoms with van der Waals surface area (Å²) in [5, 5.41) is 15.6. The summed E-state index contributed by atoms with van der Waals surface area (Å²) in [5.41, 5.74) is 6.39. The standard InChI is InChI=1S/C12H18N4O2S/c1-4-15-11(17)10-9(14)8(5-13)12(19-10)16-7(2)6-18-3/h7,16H,4,6,14H2,1-3H3,(H,15,17). The molecule has 1 rings (SSSR count). The number of carbonyl (C=O) groups excluding carboxylic acids is 1. The lowest BCUT2D eigenvalue weighted by atomic mass is 10.2. The van der Waals surface area contributed by atoms with E-state index in [0.29, 0.717) is 28.6 Å². The summed E-state index contributed by atoms with van der Waals surface area (Å²) < 4.78 is 5.02. The minimum absolute atomic E-state index is 0.0252. The number of nitrogens with two attached hydrogens (primary N) is 1. The Bertz CT molecular complexity index is 493. The third kappa shape index (κ3) is 3.59. The van der Waals surface area contributed by atoms with Gasteiger partial charge in [0.2, 0.25) is 0 Å². The van der Waals surface area contributed by atoms with Gasteiger partial charge in [0.25, 0.3) is 5.91 Å². The van der Waals surface area contributed by atoms with Gasteiger partial charge in [-0.2, -0.15) is 5.26 Å². The number of amides is 1. The van der Waals surface area contributed by atoms with Crippen LogP contribution in [0.15, 0.2) is 0 Å². The van der Waals surface area contributed by atoms with Crippen LogP contribution in [0.2, 0.25) is 0 Å². The molecule has 0 aliphatic heterocycles. The van der Waals surface area contributed by atoms with Gasteiger partial charge in [-0.1, -0.05) is 0 Å². The Morgan fingerprint density at radius 2 is 2.32 bits per heavy atom. The average molecular weight is 282 g/mol. The van der Waals surface area contributed by atoms with E-state index in [2.05, 4.69) is 10.6 Å². The van der Waals surface area contributed by atoms with Crippen molar-refractivity contribution in [1.29, 1.82) is 5.26 Å². The zero-order valence-electron chi connectivity index (χ0n) is 11.2. The highest BCUT2D eigenvalue weighted by Crippen LogP contribution is 2.35. The molecule has 6 nitrogen and oxygen atoms in total. The highest BCUT2D eigenvalue weighted by molar-refractivity contribution is 7.18. The molecule has 0 aliphatic carbocycles. The zero-order chi connectivity index (χ0) is 14.4. The molecular formula is C12H18N4O2S. The summed E-state index contributed by atoms with van der Waals surface area (Å²) in [5.74, 6) is -0.256. The highest BCUT2D eigenvalue weighted by Gasteiger charge is 2.21. The normalized spacial score (nSPS) is 11.7. The molecule has 0 saturated heterocycles. The van der Waals surface area contributed by atoms with Gasteiger partial charge in [0.1, 0.15) is 21.5 Å². The summed E-state index contributed by atoms with van der Waals surface area (Å²) in [6.45, 7) is 4.76. The summed E-state index contributed by atoms with van der Waals surface area (Å²) in [6.07, 6.45) is 0. The van der Waals surface area contributed by atoms with Gasteiger partial charge in [-0.15, -0.1) is 11.3 Å². The number of rotatable bonds is 6. The Morgan fingerprint density at radius 3 is 2.84 bits per heavy atom. The Hall–Kier alpha value is -1.78. The van der Waals surface area contributed by atoms with Crippen molar-refractivity contribution in [3.63, 3.8) is 0 Å². The second kappa shape index (κ2) is 6.97. The number of hydrogen-bond acceptors (Lipinski definition) is 6. The molecule has 1 atom stereocenters. The van der Waals surface area contributed by atoms with Gasteiger partial charge in [-0.3, -0.25) is 4.79 Å². The van der Waals surface area contributed by atoms with E-state index >= 15 is 0 Å². The second-order valence-electron chi connectivity index (χ2n) is 4.02. The largest absolute Gasteiger partial charge is 0.396 e. The van der Waals surface area contributed by atoms with Crippen molar-refractivity contribution in [2.45, 2.75) is 19.9 Å². The van der Waals surface area contributed by atoms with Crippen molar-refractivity contribution >= 4 is 27.9 Å². The van der Waals surface area contributed by atoms with Crippen LogP contribution in [0.3, 0.4) is 0 Å². The lowest BCUT2D eigenvalue weighted by Gasteiger charge is -2.12. The first-order chi connectivity index (χ1) is 9.04.